The Kier molecular flexibility index (Phi) is 4.84. The van der Waals surface area contributed by atoms with Crippen LogP contribution < -0.4 is 0 Å². The first-order valence-corrected chi connectivity index (χ1v) is 3.95. The van der Waals surface area contributed by atoms with Crippen LogP contribution in [0.25, 0.3) is 0 Å². The quantitative estimate of drug-likeness (QED) is 0.741. The van der Waals surface area contributed by atoms with E-state index in [1.165, 1.54) is 0 Å². The van der Waals surface area contributed by atoms with Gasteiger partial charge in [0.15, 0.2) is 0 Å². The maximum absolute atomic E-state index is 9.47. The molecule has 0 aliphatic heterocycles. The molecule has 1 saturated carbocycles. The first kappa shape index (κ1) is 11.6. The van der Waals surface area contributed by atoms with E-state index in [4.69, 9.17) is 5.11 Å². The summed E-state index contributed by atoms with van der Waals surface area (Å²) in [7, 11) is 0. The topological polar surface area (TPSA) is 40.5 Å². The van der Waals surface area contributed by atoms with Gasteiger partial charge in [-0.15, -0.1) is 0 Å². The Bertz CT molecular complexity index is 119. The van der Waals surface area contributed by atoms with Gasteiger partial charge in [0.05, 0.1) is 6.10 Å². The number of hydrogen-bond donors (Lipinski definition) is 2. The predicted octanol–water partition coefficient (Wildman–Crippen LogP) is 0.629. The molecule has 66 valence electrons. The van der Waals surface area contributed by atoms with Crippen molar-refractivity contribution in [3.05, 3.63) is 0 Å². The molecule has 4 atom stereocenters. The number of aliphatic hydroxyl groups is 2. The third kappa shape index (κ3) is 2.27. The van der Waals surface area contributed by atoms with Crippen molar-refractivity contribution in [1.82, 2.24) is 0 Å². The van der Waals surface area contributed by atoms with Crippen LogP contribution in [0.3, 0.4) is 0 Å². The van der Waals surface area contributed by atoms with Crippen molar-refractivity contribution in [3.8, 4) is 0 Å². The van der Waals surface area contributed by atoms with E-state index in [0.717, 1.165) is 6.42 Å². The molecule has 3 heteroatoms. The third-order valence-electron chi connectivity index (χ3n) is 2.83. The van der Waals surface area contributed by atoms with Crippen molar-refractivity contribution in [2.45, 2.75) is 26.4 Å². The standard InChI is InChI=1S/C8H16O2.W/c1-5-3-7(4-9)8(10)6(5)2;/h5-10H,3-4H2,1-2H3;. The molecule has 0 aromatic rings. The van der Waals surface area contributed by atoms with Crippen LogP contribution in [0.4, 0.5) is 0 Å². The monoisotopic (exact) mass is 328 g/mol. The molecule has 4 unspecified atom stereocenters. The Morgan fingerprint density at radius 2 is 1.91 bits per heavy atom. The van der Waals surface area contributed by atoms with Crippen molar-refractivity contribution in [2.75, 3.05) is 6.61 Å². The van der Waals surface area contributed by atoms with Crippen LogP contribution in [0, 0.1) is 17.8 Å². The SMILES string of the molecule is CC1CC(CO)C(O)C1C.[W]. The van der Waals surface area contributed by atoms with Crippen LogP contribution in [0.1, 0.15) is 20.3 Å². The second-order valence-corrected chi connectivity index (χ2v) is 3.51. The molecule has 1 aliphatic carbocycles. The zero-order valence-electron chi connectivity index (χ0n) is 7.03. The summed E-state index contributed by atoms with van der Waals surface area (Å²) in [4.78, 5) is 0. The first-order valence-electron chi connectivity index (χ1n) is 3.95. The maximum atomic E-state index is 9.47. The summed E-state index contributed by atoms with van der Waals surface area (Å²) in [6, 6.07) is 0. The van der Waals surface area contributed by atoms with E-state index in [2.05, 4.69) is 6.92 Å². The molecule has 0 saturated heterocycles. The van der Waals surface area contributed by atoms with Gasteiger partial charge in [-0.05, 0) is 18.3 Å². The fourth-order valence-electron chi connectivity index (χ4n) is 1.78. The van der Waals surface area contributed by atoms with E-state index in [1.54, 1.807) is 0 Å². The van der Waals surface area contributed by atoms with Gasteiger partial charge >= 0.3 is 0 Å². The summed E-state index contributed by atoms with van der Waals surface area (Å²) in [6.45, 7) is 4.31. The second-order valence-electron chi connectivity index (χ2n) is 3.51. The molecule has 0 aromatic carbocycles. The summed E-state index contributed by atoms with van der Waals surface area (Å²) in [5, 5.41) is 18.3. The normalized spacial score (nSPS) is 43.6. The average molecular weight is 328 g/mol. The zero-order valence-corrected chi connectivity index (χ0v) is 9.96. The van der Waals surface area contributed by atoms with Crippen molar-refractivity contribution < 1.29 is 31.3 Å². The van der Waals surface area contributed by atoms with Gasteiger partial charge in [-0.25, -0.2) is 0 Å². The molecule has 0 radical (unpaired) electrons. The molecule has 2 N–H and O–H groups in total. The Balaban J connectivity index is 0.000001000. The largest absolute Gasteiger partial charge is 0.396 e. The molecule has 1 fully saturated rings. The second kappa shape index (κ2) is 4.59. The Hall–Kier alpha value is 0.608. The summed E-state index contributed by atoms with van der Waals surface area (Å²) < 4.78 is 0. The molecule has 11 heavy (non-hydrogen) atoms. The summed E-state index contributed by atoms with van der Waals surface area (Å²) >= 11 is 0. The first-order chi connectivity index (χ1) is 4.66. The molecule has 0 heterocycles. The molecule has 0 spiro atoms. The van der Waals surface area contributed by atoms with Crippen LogP contribution in [0.2, 0.25) is 0 Å². The van der Waals surface area contributed by atoms with Gasteiger partial charge in [0.1, 0.15) is 0 Å². The van der Waals surface area contributed by atoms with E-state index >= 15 is 0 Å². The average Bonchev–Trinajstić information content (AvgIpc) is 2.17. The zero-order chi connectivity index (χ0) is 7.72. The van der Waals surface area contributed by atoms with Crippen molar-refractivity contribution in [3.63, 3.8) is 0 Å². The summed E-state index contributed by atoms with van der Waals surface area (Å²) in [6.07, 6.45) is 0.693. The molecular formula is C8H16O2W. The molecule has 1 aliphatic rings. The predicted molar refractivity (Wildman–Crippen MR) is 39.5 cm³/mol. The van der Waals surface area contributed by atoms with Crippen molar-refractivity contribution in [1.29, 1.82) is 0 Å². The van der Waals surface area contributed by atoms with Crippen LogP contribution in [0.15, 0.2) is 0 Å². The number of hydrogen-bond acceptors (Lipinski definition) is 2. The fraction of sp³-hybridized carbons (Fsp3) is 1.00. The van der Waals surface area contributed by atoms with Crippen LogP contribution in [0.5, 0.6) is 0 Å². The smallest absolute Gasteiger partial charge is 0.0618 e. The molecule has 0 bridgehead atoms. The van der Waals surface area contributed by atoms with E-state index in [1.807, 2.05) is 6.92 Å². The fourth-order valence-corrected chi connectivity index (χ4v) is 1.78. The molecule has 2 nitrogen and oxygen atoms in total. The van der Waals surface area contributed by atoms with Gasteiger partial charge in [-0.2, -0.15) is 0 Å². The van der Waals surface area contributed by atoms with Gasteiger partial charge in [0, 0.05) is 33.6 Å². The van der Waals surface area contributed by atoms with Crippen LogP contribution in [-0.4, -0.2) is 22.9 Å². The molecule has 1 rings (SSSR count). The van der Waals surface area contributed by atoms with Crippen LogP contribution in [-0.2, 0) is 21.1 Å². The van der Waals surface area contributed by atoms with E-state index in [-0.39, 0.29) is 39.7 Å². The van der Waals surface area contributed by atoms with Gasteiger partial charge in [-0.3, -0.25) is 0 Å². The number of aliphatic hydroxyl groups excluding tert-OH is 2. The molecule has 0 aromatic heterocycles. The van der Waals surface area contributed by atoms with Gasteiger partial charge in [0.2, 0.25) is 0 Å². The Morgan fingerprint density at radius 1 is 1.36 bits per heavy atom. The van der Waals surface area contributed by atoms with Gasteiger partial charge in [-0.1, -0.05) is 13.8 Å². The number of rotatable bonds is 1. The van der Waals surface area contributed by atoms with Gasteiger partial charge < -0.3 is 10.2 Å². The van der Waals surface area contributed by atoms with Crippen molar-refractivity contribution >= 4 is 0 Å². The maximum Gasteiger partial charge on any atom is 0.0618 e. The minimum absolute atomic E-state index is 0. The van der Waals surface area contributed by atoms with E-state index < -0.39 is 0 Å². The van der Waals surface area contributed by atoms with E-state index in [9.17, 15) is 5.11 Å². The van der Waals surface area contributed by atoms with E-state index in [0.29, 0.717) is 11.8 Å². The summed E-state index contributed by atoms with van der Waals surface area (Å²) in [5.41, 5.74) is 0. The Morgan fingerprint density at radius 3 is 2.09 bits per heavy atom. The minimum Gasteiger partial charge on any atom is -0.396 e. The molecular weight excluding hydrogens is 312 g/mol. The minimum atomic E-state index is -0.278. The molecule has 0 amide bonds. The van der Waals surface area contributed by atoms with Crippen LogP contribution >= 0.6 is 0 Å². The summed E-state index contributed by atoms with van der Waals surface area (Å²) in [5.74, 6) is 1.05. The Labute approximate surface area is 82.3 Å². The van der Waals surface area contributed by atoms with Gasteiger partial charge in [0.25, 0.3) is 0 Å². The third-order valence-corrected chi connectivity index (χ3v) is 2.83. The van der Waals surface area contributed by atoms with Crippen molar-refractivity contribution in [2.24, 2.45) is 17.8 Å².